The van der Waals surface area contributed by atoms with Crippen molar-refractivity contribution in [1.82, 2.24) is 0 Å². The van der Waals surface area contributed by atoms with Gasteiger partial charge < -0.3 is 9.47 Å². The molecule has 0 atom stereocenters. The summed E-state index contributed by atoms with van der Waals surface area (Å²) in [5, 5.41) is 0. The summed E-state index contributed by atoms with van der Waals surface area (Å²) in [6.07, 6.45) is 2.43. The molecule has 1 aliphatic rings. The Labute approximate surface area is 130 Å². The summed E-state index contributed by atoms with van der Waals surface area (Å²) in [6, 6.07) is 17.0. The van der Waals surface area contributed by atoms with Crippen molar-refractivity contribution in [3.05, 3.63) is 59.7 Å². The van der Waals surface area contributed by atoms with E-state index >= 15 is 0 Å². The molecule has 0 bridgehead atoms. The summed E-state index contributed by atoms with van der Waals surface area (Å²) in [5.41, 5.74) is 2.71. The second kappa shape index (κ2) is 6.02. The first-order valence-corrected chi connectivity index (χ1v) is 8.20. The lowest BCUT2D eigenvalue weighted by Gasteiger charge is -2.30. The van der Waals surface area contributed by atoms with Crippen LogP contribution in [0, 0.1) is 0 Å². The number of methoxy groups -OCH3 is 2. The van der Waals surface area contributed by atoms with Gasteiger partial charge in [0.05, 0.1) is 19.0 Å². The van der Waals surface area contributed by atoms with Gasteiger partial charge in [0.15, 0.2) is 0 Å². The Bertz CT molecular complexity index is 534. The molecule has 1 fully saturated rings. The fourth-order valence-electron chi connectivity index (χ4n) is 2.98. The number of thioether (sulfide) groups is 1. The normalized spacial score (nSPS) is 16.7. The van der Waals surface area contributed by atoms with Crippen molar-refractivity contribution < 1.29 is 9.47 Å². The van der Waals surface area contributed by atoms with Crippen LogP contribution >= 0.6 is 11.8 Å². The molecule has 1 heterocycles. The van der Waals surface area contributed by atoms with Crippen LogP contribution in [0.2, 0.25) is 0 Å². The molecule has 0 radical (unpaired) electrons. The van der Waals surface area contributed by atoms with Crippen LogP contribution in [0.15, 0.2) is 48.5 Å². The molecular weight excluding hydrogens is 280 g/mol. The molecule has 110 valence electrons. The molecule has 0 N–H and O–H groups in total. The van der Waals surface area contributed by atoms with Crippen molar-refractivity contribution in [2.75, 3.05) is 20.0 Å². The predicted molar refractivity (Wildman–Crippen MR) is 88.5 cm³/mol. The quantitative estimate of drug-likeness (QED) is 0.829. The molecule has 3 heteroatoms. The van der Waals surface area contributed by atoms with E-state index < -0.39 is 0 Å². The maximum absolute atomic E-state index is 5.28. The van der Waals surface area contributed by atoms with Gasteiger partial charge >= 0.3 is 0 Å². The van der Waals surface area contributed by atoms with E-state index in [1.165, 1.54) is 29.7 Å². The zero-order valence-corrected chi connectivity index (χ0v) is 13.3. The molecule has 2 aromatic rings. The molecule has 2 nitrogen and oxygen atoms in total. The van der Waals surface area contributed by atoms with Gasteiger partial charge in [0, 0.05) is 0 Å². The lowest BCUT2D eigenvalue weighted by molar-refractivity contribution is 0.414. The molecule has 3 rings (SSSR count). The number of hydrogen-bond donors (Lipinski definition) is 0. The van der Waals surface area contributed by atoms with Crippen molar-refractivity contribution in [2.45, 2.75) is 17.6 Å². The zero-order valence-electron chi connectivity index (χ0n) is 12.5. The van der Waals surface area contributed by atoms with E-state index in [4.69, 9.17) is 9.47 Å². The van der Waals surface area contributed by atoms with Gasteiger partial charge in [-0.3, -0.25) is 0 Å². The standard InChI is InChI=1S/C18H20O2S/c1-19-16-8-4-14(5-9-16)18(12-3-13-21-18)15-6-10-17(20-2)11-7-15/h4-11H,3,12-13H2,1-2H3. The second-order valence-corrected chi connectivity index (χ2v) is 6.63. The van der Waals surface area contributed by atoms with Crippen LogP contribution in [0.1, 0.15) is 24.0 Å². The highest BCUT2D eigenvalue weighted by atomic mass is 32.2. The second-order valence-electron chi connectivity index (χ2n) is 5.24. The summed E-state index contributed by atoms with van der Waals surface area (Å²) in [4.78, 5) is 0. The van der Waals surface area contributed by atoms with E-state index in [1.54, 1.807) is 14.2 Å². The summed E-state index contributed by atoms with van der Waals surface area (Å²) in [5.74, 6) is 3.02. The molecule has 0 aliphatic carbocycles. The molecule has 0 saturated carbocycles. The van der Waals surface area contributed by atoms with Crippen molar-refractivity contribution in [3.8, 4) is 11.5 Å². The Hall–Kier alpha value is -1.61. The van der Waals surface area contributed by atoms with E-state index in [-0.39, 0.29) is 4.75 Å². The first-order valence-electron chi connectivity index (χ1n) is 7.21. The van der Waals surface area contributed by atoms with Gasteiger partial charge in [0.1, 0.15) is 11.5 Å². The highest BCUT2D eigenvalue weighted by Gasteiger charge is 2.38. The molecular formula is C18H20O2S. The number of benzene rings is 2. The van der Waals surface area contributed by atoms with Crippen LogP contribution in [0.4, 0.5) is 0 Å². The topological polar surface area (TPSA) is 18.5 Å². The smallest absolute Gasteiger partial charge is 0.118 e. The van der Waals surface area contributed by atoms with E-state index in [2.05, 4.69) is 48.5 Å². The Morgan fingerprint density at radius 3 is 1.62 bits per heavy atom. The van der Waals surface area contributed by atoms with E-state index in [0.29, 0.717) is 0 Å². The summed E-state index contributed by atoms with van der Waals surface area (Å²) in [6.45, 7) is 0. The van der Waals surface area contributed by atoms with Crippen LogP contribution in [0.3, 0.4) is 0 Å². The molecule has 2 aromatic carbocycles. The van der Waals surface area contributed by atoms with Gasteiger partial charge in [0.2, 0.25) is 0 Å². The third-order valence-corrected chi connectivity index (χ3v) is 5.80. The van der Waals surface area contributed by atoms with Crippen molar-refractivity contribution in [3.63, 3.8) is 0 Å². The fourth-order valence-corrected chi connectivity index (χ4v) is 4.51. The summed E-state index contributed by atoms with van der Waals surface area (Å²) in [7, 11) is 3.41. The number of hydrogen-bond acceptors (Lipinski definition) is 3. The minimum absolute atomic E-state index is 0.0680. The average molecular weight is 300 g/mol. The number of ether oxygens (including phenoxy) is 2. The van der Waals surface area contributed by atoms with Crippen molar-refractivity contribution in [2.24, 2.45) is 0 Å². The molecule has 0 spiro atoms. The monoisotopic (exact) mass is 300 g/mol. The maximum Gasteiger partial charge on any atom is 0.118 e. The van der Waals surface area contributed by atoms with E-state index in [0.717, 1.165) is 11.5 Å². The Kier molecular flexibility index (Phi) is 4.11. The molecule has 0 aromatic heterocycles. The molecule has 0 unspecified atom stereocenters. The zero-order chi connectivity index (χ0) is 14.7. The Morgan fingerprint density at radius 1 is 0.810 bits per heavy atom. The summed E-state index contributed by atoms with van der Waals surface area (Å²) >= 11 is 2.04. The lowest BCUT2D eigenvalue weighted by atomic mass is 9.87. The van der Waals surface area contributed by atoms with E-state index in [9.17, 15) is 0 Å². The predicted octanol–water partition coefficient (Wildman–Crippen LogP) is 4.47. The van der Waals surface area contributed by atoms with Crippen LogP contribution in [0.25, 0.3) is 0 Å². The number of rotatable bonds is 4. The third kappa shape index (κ3) is 2.62. The van der Waals surface area contributed by atoms with Crippen molar-refractivity contribution in [1.29, 1.82) is 0 Å². The Morgan fingerprint density at radius 2 is 1.29 bits per heavy atom. The van der Waals surface area contributed by atoms with Gasteiger partial charge in [-0.05, 0) is 54.0 Å². The van der Waals surface area contributed by atoms with Gasteiger partial charge in [-0.25, -0.2) is 0 Å². The SMILES string of the molecule is COc1ccc(C2(c3ccc(OC)cc3)CCCS2)cc1. The highest BCUT2D eigenvalue weighted by molar-refractivity contribution is 8.00. The fraction of sp³-hybridized carbons (Fsp3) is 0.333. The van der Waals surface area contributed by atoms with Crippen LogP contribution in [-0.4, -0.2) is 20.0 Å². The molecule has 1 saturated heterocycles. The minimum atomic E-state index is 0.0680. The van der Waals surface area contributed by atoms with Crippen LogP contribution in [0.5, 0.6) is 11.5 Å². The molecule has 0 amide bonds. The largest absolute Gasteiger partial charge is 0.497 e. The van der Waals surface area contributed by atoms with E-state index in [1.807, 2.05) is 11.8 Å². The van der Waals surface area contributed by atoms with Gasteiger partial charge in [-0.15, -0.1) is 11.8 Å². The van der Waals surface area contributed by atoms with Gasteiger partial charge in [-0.2, -0.15) is 0 Å². The third-order valence-electron chi connectivity index (χ3n) is 4.13. The average Bonchev–Trinajstić information content (AvgIpc) is 3.06. The first-order chi connectivity index (χ1) is 10.3. The van der Waals surface area contributed by atoms with Gasteiger partial charge in [0.25, 0.3) is 0 Å². The van der Waals surface area contributed by atoms with Crippen molar-refractivity contribution >= 4 is 11.8 Å². The van der Waals surface area contributed by atoms with Crippen LogP contribution < -0.4 is 9.47 Å². The van der Waals surface area contributed by atoms with Crippen LogP contribution in [-0.2, 0) is 4.75 Å². The summed E-state index contributed by atoms with van der Waals surface area (Å²) < 4.78 is 10.6. The molecule has 21 heavy (non-hydrogen) atoms. The maximum atomic E-state index is 5.28. The lowest BCUT2D eigenvalue weighted by Crippen LogP contribution is -2.20. The Balaban J connectivity index is 2.01. The highest BCUT2D eigenvalue weighted by Crippen LogP contribution is 2.51. The van der Waals surface area contributed by atoms with Gasteiger partial charge in [-0.1, -0.05) is 24.3 Å². The first kappa shape index (κ1) is 14.3. The molecule has 1 aliphatic heterocycles. The minimum Gasteiger partial charge on any atom is -0.497 e.